The summed E-state index contributed by atoms with van der Waals surface area (Å²) in [6.07, 6.45) is 1.76. The van der Waals surface area contributed by atoms with E-state index in [0.29, 0.717) is 25.9 Å². The van der Waals surface area contributed by atoms with Crippen molar-refractivity contribution in [3.05, 3.63) is 65.7 Å². The van der Waals surface area contributed by atoms with Crippen LogP contribution in [0, 0.1) is 5.92 Å². The Morgan fingerprint density at radius 3 is 2.34 bits per heavy atom. The highest BCUT2D eigenvalue weighted by atomic mass is 16.6. The van der Waals surface area contributed by atoms with Gasteiger partial charge in [-0.25, -0.2) is 0 Å². The molecule has 8 nitrogen and oxygen atoms in total. The van der Waals surface area contributed by atoms with Gasteiger partial charge < -0.3 is 20.3 Å². The number of primary amides is 1. The van der Waals surface area contributed by atoms with Crippen molar-refractivity contribution < 1.29 is 29.0 Å². The molecular formula is C27H34N2O6. The minimum absolute atomic E-state index is 0.150. The smallest absolute Gasteiger partial charge is 0.324 e. The average Bonchev–Trinajstić information content (AvgIpc) is 2.85. The van der Waals surface area contributed by atoms with E-state index in [1.807, 2.05) is 42.5 Å². The zero-order valence-corrected chi connectivity index (χ0v) is 20.1. The largest absolute Gasteiger partial charge is 0.489 e. The van der Waals surface area contributed by atoms with E-state index in [4.69, 9.17) is 15.2 Å². The number of nitrogens with zero attached hydrogens (tertiary/aromatic N) is 1. The lowest BCUT2D eigenvalue weighted by molar-refractivity contribution is -0.160. The van der Waals surface area contributed by atoms with Crippen LogP contribution >= 0.6 is 0 Å². The Morgan fingerprint density at radius 2 is 1.69 bits per heavy atom. The van der Waals surface area contributed by atoms with Crippen LogP contribution in [-0.4, -0.2) is 59.7 Å². The van der Waals surface area contributed by atoms with Crippen LogP contribution in [-0.2, 0) is 32.0 Å². The summed E-state index contributed by atoms with van der Waals surface area (Å²) >= 11 is 0. The summed E-state index contributed by atoms with van der Waals surface area (Å²) in [5.74, 6) is -1.56. The van der Waals surface area contributed by atoms with Gasteiger partial charge in [-0.05, 0) is 62.9 Å². The van der Waals surface area contributed by atoms with E-state index in [1.165, 1.54) is 5.56 Å². The summed E-state index contributed by atoms with van der Waals surface area (Å²) in [6.45, 7) is 2.71. The van der Waals surface area contributed by atoms with Crippen molar-refractivity contribution in [1.82, 2.24) is 4.90 Å². The first-order chi connectivity index (χ1) is 16.8. The maximum absolute atomic E-state index is 12.9. The van der Waals surface area contributed by atoms with E-state index >= 15 is 0 Å². The van der Waals surface area contributed by atoms with Crippen LogP contribution in [0.15, 0.2) is 54.6 Å². The second-order valence-electron chi connectivity index (χ2n) is 8.98. The number of carbonyl (C=O) groups is 3. The van der Waals surface area contributed by atoms with Crippen LogP contribution in [0.3, 0.4) is 0 Å². The van der Waals surface area contributed by atoms with Gasteiger partial charge in [-0.1, -0.05) is 48.5 Å². The number of carboxylic acids is 1. The van der Waals surface area contributed by atoms with Gasteiger partial charge in [0.1, 0.15) is 24.5 Å². The van der Waals surface area contributed by atoms with Crippen LogP contribution < -0.4 is 10.5 Å². The number of likely N-dealkylation sites (tertiary alicyclic amines) is 1. The zero-order chi connectivity index (χ0) is 25.2. The van der Waals surface area contributed by atoms with E-state index in [2.05, 4.69) is 12.1 Å². The SMILES string of the molecule is CC(COc1ccccc1CCc1ccccc1)OC(=O)C(CC(=O)O)N1CCC(C(N)=O)CC1. The fourth-order valence-corrected chi connectivity index (χ4v) is 4.32. The molecule has 35 heavy (non-hydrogen) atoms. The van der Waals surface area contributed by atoms with Crippen LogP contribution in [0.25, 0.3) is 0 Å². The second-order valence-corrected chi connectivity index (χ2v) is 8.98. The van der Waals surface area contributed by atoms with Crippen molar-refractivity contribution in [1.29, 1.82) is 0 Å². The van der Waals surface area contributed by atoms with Gasteiger partial charge in [-0.15, -0.1) is 0 Å². The molecule has 1 fully saturated rings. The molecule has 2 aromatic rings. The molecule has 0 saturated carbocycles. The number of piperidine rings is 1. The molecule has 8 heteroatoms. The van der Waals surface area contributed by atoms with E-state index in [0.717, 1.165) is 24.2 Å². The third-order valence-corrected chi connectivity index (χ3v) is 6.30. The number of para-hydroxylation sites is 1. The molecule has 0 bridgehead atoms. The predicted octanol–water partition coefficient (Wildman–Crippen LogP) is 2.82. The number of aliphatic carboxylic acids is 1. The molecule has 2 atom stereocenters. The third kappa shape index (κ3) is 8.10. The monoisotopic (exact) mass is 482 g/mol. The first-order valence-corrected chi connectivity index (χ1v) is 12.0. The minimum Gasteiger partial charge on any atom is -0.489 e. The van der Waals surface area contributed by atoms with Gasteiger partial charge in [0, 0.05) is 5.92 Å². The number of carboxylic acid groups (broad SMARTS) is 1. The molecule has 1 amide bonds. The predicted molar refractivity (Wildman–Crippen MR) is 131 cm³/mol. The zero-order valence-electron chi connectivity index (χ0n) is 20.1. The summed E-state index contributed by atoms with van der Waals surface area (Å²) in [6, 6.07) is 17.1. The van der Waals surface area contributed by atoms with Crippen LogP contribution in [0.5, 0.6) is 5.75 Å². The molecular weight excluding hydrogens is 448 g/mol. The molecule has 3 N–H and O–H groups in total. The number of rotatable bonds is 12. The molecule has 2 unspecified atom stereocenters. The molecule has 3 rings (SSSR count). The minimum atomic E-state index is -1.08. The number of benzene rings is 2. The number of aryl methyl sites for hydroxylation is 2. The summed E-state index contributed by atoms with van der Waals surface area (Å²) in [5.41, 5.74) is 7.69. The van der Waals surface area contributed by atoms with Crippen LogP contribution in [0.1, 0.15) is 37.3 Å². The van der Waals surface area contributed by atoms with Crippen molar-refractivity contribution in [3.8, 4) is 5.75 Å². The van der Waals surface area contributed by atoms with Gasteiger partial charge in [0.25, 0.3) is 0 Å². The Balaban J connectivity index is 1.54. The highest BCUT2D eigenvalue weighted by molar-refractivity contribution is 5.82. The van der Waals surface area contributed by atoms with Gasteiger partial charge in [0.05, 0.1) is 6.42 Å². The van der Waals surface area contributed by atoms with Crippen molar-refractivity contribution in [2.24, 2.45) is 11.7 Å². The molecule has 1 heterocycles. The fourth-order valence-electron chi connectivity index (χ4n) is 4.32. The maximum Gasteiger partial charge on any atom is 0.324 e. The average molecular weight is 483 g/mol. The Morgan fingerprint density at radius 1 is 1.03 bits per heavy atom. The Bertz CT molecular complexity index is 988. The molecule has 0 aromatic heterocycles. The van der Waals surface area contributed by atoms with Gasteiger partial charge >= 0.3 is 11.9 Å². The van der Waals surface area contributed by atoms with E-state index < -0.39 is 24.1 Å². The highest BCUT2D eigenvalue weighted by Crippen LogP contribution is 2.22. The number of hydrogen-bond donors (Lipinski definition) is 2. The molecule has 0 aliphatic carbocycles. The lowest BCUT2D eigenvalue weighted by Crippen LogP contribution is -2.49. The molecule has 1 aliphatic rings. The topological polar surface area (TPSA) is 119 Å². The normalized spacial score (nSPS) is 16.3. The Hall–Kier alpha value is -3.39. The second kappa shape index (κ2) is 12.9. The highest BCUT2D eigenvalue weighted by Gasteiger charge is 2.34. The maximum atomic E-state index is 12.9. The lowest BCUT2D eigenvalue weighted by atomic mass is 9.94. The summed E-state index contributed by atoms with van der Waals surface area (Å²) < 4.78 is 11.5. The van der Waals surface area contributed by atoms with Crippen molar-refractivity contribution in [3.63, 3.8) is 0 Å². The van der Waals surface area contributed by atoms with Gasteiger partial charge in [-0.3, -0.25) is 19.3 Å². The van der Waals surface area contributed by atoms with Crippen molar-refractivity contribution in [2.75, 3.05) is 19.7 Å². The molecule has 2 aromatic carbocycles. The molecule has 0 spiro atoms. The number of esters is 1. The number of ether oxygens (including phenoxy) is 2. The third-order valence-electron chi connectivity index (χ3n) is 6.30. The number of hydrogen-bond acceptors (Lipinski definition) is 6. The Kier molecular flexibility index (Phi) is 9.66. The Labute approximate surface area is 206 Å². The molecule has 1 saturated heterocycles. The summed E-state index contributed by atoms with van der Waals surface area (Å²) in [7, 11) is 0. The summed E-state index contributed by atoms with van der Waals surface area (Å²) in [4.78, 5) is 37.4. The van der Waals surface area contributed by atoms with Crippen LogP contribution in [0.4, 0.5) is 0 Å². The van der Waals surface area contributed by atoms with E-state index in [1.54, 1.807) is 11.8 Å². The number of carbonyl (C=O) groups excluding carboxylic acids is 2. The van der Waals surface area contributed by atoms with E-state index in [-0.39, 0.29) is 24.9 Å². The molecule has 0 radical (unpaired) electrons. The summed E-state index contributed by atoms with van der Waals surface area (Å²) in [5, 5.41) is 9.32. The van der Waals surface area contributed by atoms with Crippen molar-refractivity contribution in [2.45, 2.75) is 51.2 Å². The van der Waals surface area contributed by atoms with Gasteiger partial charge in [-0.2, -0.15) is 0 Å². The first-order valence-electron chi connectivity index (χ1n) is 12.0. The number of amides is 1. The standard InChI is InChI=1S/C27H34N2O6/c1-19(18-34-24-10-6-5-9-21(24)12-11-20-7-3-2-4-8-20)35-27(33)23(17-25(30)31)29-15-13-22(14-16-29)26(28)32/h2-10,19,22-23H,11-18H2,1H3,(H2,28,32)(H,30,31). The fraction of sp³-hybridized carbons (Fsp3) is 0.444. The van der Waals surface area contributed by atoms with Crippen LogP contribution in [0.2, 0.25) is 0 Å². The first kappa shape index (κ1) is 26.2. The van der Waals surface area contributed by atoms with Gasteiger partial charge in [0.2, 0.25) is 5.91 Å². The molecule has 1 aliphatic heterocycles. The van der Waals surface area contributed by atoms with E-state index in [9.17, 15) is 19.5 Å². The quantitative estimate of drug-likeness (QED) is 0.447. The number of nitrogens with two attached hydrogens (primary N) is 1. The van der Waals surface area contributed by atoms with Crippen molar-refractivity contribution >= 4 is 17.8 Å². The lowest BCUT2D eigenvalue weighted by Gasteiger charge is -2.35. The van der Waals surface area contributed by atoms with Gasteiger partial charge in [0.15, 0.2) is 0 Å². The molecule has 188 valence electrons.